The molecule has 1 atom stereocenters. The lowest BCUT2D eigenvalue weighted by atomic mass is 9.79. The molecule has 1 fully saturated rings. The molecule has 1 heterocycles. The minimum Gasteiger partial charge on any atom is -0.490 e. The molecule has 1 saturated carbocycles. The SMILES string of the molecule is C[C@H](C(=O)Nc1ccc(C#N)cc1)[C@H]1CC[C@@H](Oc2ccnc3ccccc23)CC1. The van der Waals surface area contributed by atoms with Crippen LogP contribution in [0.1, 0.15) is 38.2 Å². The molecular weight excluding hydrogens is 374 g/mol. The topological polar surface area (TPSA) is 75.0 Å². The third-order valence-electron chi connectivity index (χ3n) is 6.02. The van der Waals surface area contributed by atoms with Crippen molar-refractivity contribution < 1.29 is 9.53 Å². The van der Waals surface area contributed by atoms with E-state index in [2.05, 4.69) is 16.4 Å². The van der Waals surface area contributed by atoms with Gasteiger partial charge in [-0.15, -0.1) is 0 Å². The highest BCUT2D eigenvalue weighted by molar-refractivity contribution is 5.92. The lowest BCUT2D eigenvalue weighted by Gasteiger charge is -2.32. The minimum absolute atomic E-state index is 0.0317. The lowest BCUT2D eigenvalue weighted by Crippen LogP contribution is -2.32. The molecule has 5 heteroatoms. The summed E-state index contributed by atoms with van der Waals surface area (Å²) in [4.78, 5) is 17.1. The van der Waals surface area contributed by atoms with E-state index in [-0.39, 0.29) is 17.9 Å². The largest absolute Gasteiger partial charge is 0.490 e. The Bertz CT molecular complexity index is 1060. The molecule has 0 aliphatic heterocycles. The predicted molar refractivity (Wildman–Crippen MR) is 117 cm³/mol. The second-order valence-corrected chi connectivity index (χ2v) is 7.95. The molecule has 0 radical (unpaired) electrons. The second-order valence-electron chi connectivity index (χ2n) is 7.95. The van der Waals surface area contributed by atoms with Crippen molar-refractivity contribution in [2.24, 2.45) is 11.8 Å². The van der Waals surface area contributed by atoms with Crippen LogP contribution in [0.25, 0.3) is 10.9 Å². The van der Waals surface area contributed by atoms with Crippen molar-refractivity contribution in [2.75, 3.05) is 5.32 Å². The van der Waals surface area contributed by atoms with Crippen molar-refractivity contribution in [3.63, 3.8) is 0 Å². The molecule has 1 amide bonds. The van der Waals surface area contributed by atoms with Crippen LogP contribution in [0, 0.1) is 23.2 Å². The number of para-hydroxylation sites is 1. The van der Waals surface area contributed by atoms with E-state index in [1.54, 1.807) is 30.5 Å². The molecule has 0 spiro atoms. The van der Waals surface area contributed by atoms with Gasteiger partial charge in [-0.05, 0) is 74.1 Å². The van der Waals surface area contributed by atoms with Gasteiger partial charge in [0.1, 0.15) is 5.75 Å². The molecule has 0 bridgehead atoms. The number of carbonyl (C=O) groups excluding carboxylic acids is 1. The number of carbonyl (C=O) groups is 1. The third kappa shape index (κ3) is 4.44. The quantitative estimate of drug-likeness (QED) is 0.630. The standard InChI is InChI=1S/C25H25N3O2/c1-17(25(29)28-20-10-6-18(16-26)7-11-20)19-8-12-21(13-9-19)30-24-14-15-27-23-5-3-2-4-22(23)24/h2-7,10-11,14-15,17,19,21H,8-9,12-13H2,1H3,(H,28,29)/t17-,19-,21+/m0/s1. The maximum Gasteiger partial charge on any atom is 0.227 e. The lowest BCUT2D eigenvalue weighted by molar-refractivity contribution is -0.121. The van der Waals surface area contributed by atoms with Crippen molar-refractivity contribution in [3.8, 4) is 11.8 Å². The molecular formula is C25H25N3O2. The van der Waals surface area contributed by atoms with Gasteiger partial charge >= 0.3 is 0 Å². The molecule has 4 rings (SSSR count). The Balaban J connectivity index is 1.32. The summed E-state index contributed by atoms with van der Waals surface area (Å²) in [7, 11) is 0. The van der Waals surface area contributed by atoms with Crippen molar-refractivity contribution in [1.82, 2.24) is 4.98 Å². The summed E-state index contributed by atoms with van der Waals surface area (Å²) in [5.41, 5.74) is 2.26. The summed E-state index contributed by atoms with van der Waals surface area (Å²) in [6.45, 7) is 2.00. The third-order valence-corrected chi connectivity index (χ3v) is 6.02. The van der Waals surface area contributed by atoms with Gasteiger partial charge in [-0.25, -0.2) is 0 Å². The van der Waals surface area contributed by atoms with Crippen LogP contribution < -0.4 is 10.1 Å². The first-order valence-corrected chi connectivity index (χ1v) is 10.5. The highest BCUT2D eigenvalue weighted by atomic mass is 16.5. The first-order valence-electron chi connectivity index (χ1n) is 10.5. The maximum absolute atomic E-state index is 12.7. The van der Waals surface area contributed by atoms with Gasteiger partial charge in [-0.1, -0.05) is 19.1 Å². The van der Waals surface area contributed by atoms with Crippen molar-refractivity contribution >= 4 is 22.5 Å². The zero-order chi connectivity index (χ0) is 20.9. The fourth-order valence-corrected chi connectivity index (χ4v) is 4.16. The summed E-state index contributed by atoms with van der Waals surface area (Å²) in [6, 6.07) is 19.0. The van der Waals surface area contributed by atoms with Crippen LogP contribution >= 0.6 is 0 Å². The van der Waals surface area contributed by atoms with Gasteiger partial charge < -0.3 is 10.1 Å². The van der Waals surface area contributed by atoms with Gasteiger partial charge in [0.15, 0.2) is 0 Å². The molecule has 5 nitrogen and oxygen atoms in total. The van der Waals surface area contributed by atoms with E-state index >= 15 is 0 Å². The Morgan fingerprint density at radius 3 is 2.57 bits per heavy atom. The number of hydrogen-bond donors (Lipinski definition) is 1. The van der Waals surface area contributed by atoms with Crippen LogP contribution in [-0.4, -0.2) is 17.0 Å². The van der Waals surface area contributed by atoms with E-state index in [4.69, 9.17) is 10.00 Å². The van der Waals surface area contributed by atoms with Crippen molar-refractivity contribution in [3.05, 3.63) is 66.4 Å². The second kappa shape index (κ2) is 8.96. The molecule has 1 N–H and O–H groups in total. The monoisotopic (exact) mass is 399 g/mol. The Hall–Kier alpha value is -3.39. The van der Waals surface area contributed by atoms with Gasteiger partial charge in [-0.2, -0.15) is 5.26 Å². The number of benzene rings is 2. The summed E-state index contributed by atoms with van der Waals surface area (Å²) >= 11 is 0. The molecule has 1 aliphatic rings. The number of amides is 1. The van der Waals surface area contributed by atoms with Crippen LogP contribution in [0.5, 0.6) is 5.75 Å². The predicted octanol–water partition coefficient (Wildman–Crippen LogP) is 5.32. The van der Waals surface area contributed by atoms with Crippen molar-refractivity contribution in [1.29, 1.82) is 5.26 Å². The zero-order valence-electron chi connectivity index (χ0n) is 17.0. The molecule has 0 saturated heterocycles. The fraction of sp³-hybridized carbons (Fsp3) is 0.320. The van der Waals surface area contributed by atoms with E-state index in [1.807, 2.05) is 37.3 Å². The number of ether oxygens (including phenoxy) is 1. The summed E-state index contributed by atoms with van der Waals surface area (Å²) < 4.78 is 6.31. The number of aromatic nitrogens is 1. The molecule has 2 aromatic carbocycles. The summed E-state index contributed by atoms with van der Waals surface area (Å²) in [5, 5.41) is 12.9. The Labute approximate surface area is 176 Å². The summed E-state index contributed by atoms with van der Waals surface area (Å²) in [5.74, 6) is 1.20. The highest BCUT2D eigenvalue weighted by Crippen LogP contribution is 2.34. The number of nitrogens with zero attached hydrogens (tertiary/aromatic N) is 2. The van der Waals surface area contributed by atoms with Crippen LogP contribution in [-0.2, 0) is 4.79 Å². The van der Waals surface area contributed by atoms with Crippen LogP contribution in [0.2, 0.25) is 0 Å². The van der Waals surface area contributed by atoms with Gasteiger partial charge in [0, 0.05) is 23.2 Å². The van der Waals surface area contributed by atoms with E-state index in [0.717, 1.165) is 48.0 Å². The van der Waals surface area contributed by atoms with Crippen LogP contribution in [0.3, 0.4) is 0 Å². The number of pyridine rings is 1. The first kappa shape index (κ1) is 19.9. The van der Waals surface area contributed by atoms with Crippen molar-refractivity contribution in [2.45, 2.75) is 38.7 Å². The normalized spacial score (nSPS) is 19.6. The van der Waals surface area contributed by atoms with E-state index in [1.165, 1.54) is 0 Å². The number of anilines is 1. The Kier molecular flexibility index (Phi) is 5.94. The molecule has 152 valence electrons. The average molecular weight is 399 g/mol. The molecule has 0 unspecified atom stereocenters. The highest BCUT2D eigenvalue weighted by Gasteiger charge is 2.30. The van der Waals surface area contributed by atoms with E-state index in [9.17, 15) is 4.79 Å². The average Bonchev–Trinajstić information content (AvgIpc) is 2.80. The Morgan fingerprint density at radius 2 is 1.83 bits per heavy atom. The van der Waals surface area contributed by atoms with E-state index < -0.39 is 0 Å². The number of nitriles is 1. The van der Waals surface area contributed by atoms with Crippen LogP contribution in [0.4, 0.5) is 5.69 Å². The van der Waals surface area contributed by atoms with E-state index in [0.29, 0.717) is 11.5 Å². The number of fused-ring (bicyclic) bond motifs is 1. The minimum atomic E-state index is -0.0663. The Morgan fingerprint density at radius 1 is 1.10 bits per heavy atom. The van der Waals surface area contributed by atoms with Gasteiger partial charge in [-0.3, -0.25) is 9.78 Å². The molecule has 3 aromatic rings. The number of nitrogens with one attached hydrogen (secondary N) is 1. The fourth-order valence-electron chi connectivity index (χ4n) is 4.16. The van der Waals surface area contributed by atoms with Gasteiger partial charge in [0.05, 0.1) is 23.3 Å². The molecule has 1 aliphatic carbocycles. The molecule has 30 heavy (non-hydrogen) atoms. The zero-order valence-corrected chi connectivity index (χ0v) is 17.0. The van der Waals surface area contributed by atoms with Gasteiger partial charge in [0.25, 0.3) is 0 Å². The van der Waals surface area contributed by atoms with Gasteiger partial charge in [0.2, 0.25) is 5.91 Å². The molecule has 1 aromatic heterocycles. The smallest absolute Gasteiger partial charge is 0.227 e. The number of rotatable bonds is 5. The van der Waals surface area contributed by atoms with Crippen LogP contribution in [0.15, 0.2) is 60.8 Å². The summed E-state index contributed by atoms with van der Waals surface area (Å²) in [6.07, 6.45) is 5.77. The maximum atomic E-state index is 12.7. The first-order chi connectivity index (χ1) is 14.6. The number of hydrogen-bond acceptors (Lipinski definition) is 4.